The Morgan fingerprint density at radius 1 is 1.48 bits per heavy atom. The van der Waals surface area contributed by atoms with E-state index in [4.69, 9.17) is 9.15 Å². The van der Waals surface area contributed by atoms with Crippen molar-refractivity contribution in [2.75, 3.05) is 12.4 Å². The van der Waals surface area contributed by atoms with E-state index in [0.717, 1.165) is 36.5 Å². The molecular formula is C15H19NO3S2. The Morgan fingerprint density at radius 2 is 2.38 bits per heavy atom. The molecule has 0 radical (unpaired) electrons. The van der Waals surface area contributed by atoms with Gasteiger partial charge in [-0.1, -0.05) is 0 Å². The van der Waals surface area contributed by atoms with Crippen LogP contribution in [0.1, 0.15) is 30.7 Å². The number of nitrogens with zero attached hydrogens (tertiary/aromatic N) is 1. The Balaban J connectivity index is 1.63. The predicted octanol–water partition coefficient (Wildman–Crippen LogP) is 3.53. The van der Waals surface area contributed by atoms with E-state index in [1.165, 1.54) is 6.42 Å². The molecule has 1 aliphatic heterocycles. The molecule has 6 heteroatoms. The van der Waals surface area contributed by atoms with Crippen LogP contribution in [0.5, 0.6) is 0 Å². The van der Waals surface area contributed by atoms with Crippen LogP contribution >= 0.6 is 11.3 Å². The van der Waals surface area contributed by atoms with Crippen molar-refractivity contribution in [3.63, 3.8) is 0 Å². The van der Waals surface area contributed by atoms with Crippen molar-refractivity contribution < 1.29 is 13.4 Å². The van der Waals surface area contributed by atoms with Crippen LogP contribution in [0.2, 0.25) is 0 Å². The predicted molar refractivity (Wildman–Crippen MR) is 84.9 cm³/mol. The zero-order chi connectivity index (χ0) is 14.7. The summed E-state index contributed by atoms with van der Waals surface area (Å²) in [5.74, 6) is 2.42. The van der Waals surface area contributed by atoms with Gasteiger partial charge < -0.3 is 9.15 Å². The lowest BCUT2D eigenvalue weighted by molar-refractivity contribution is 0.0310. The summed E-state index contributed by atoms with van der Waals surface area (Å²) in [7, 11) is -0.957. The average molecular weight is 325 g/mol. The van der Waals surface area contributed by atoms with Crippen LogP contribution in [-0.4, -0.2) is 27.7 Å². The smallest absolute Gasteiger partial charge is 0.227 e. The van der Waals surface area contributed by atoms with Crippen LogP contribution in [0.4, 0.5) is 0 Å². The number of ether oxygens (including phenoxy) is 1. The van der Waals surface area contributed by atoms with Gasteiger partial charge in [-0.25, -0.2) is 4.98 Å². The van der Waals surface area contributed by atoms with Gasteiger partial charge in [0.1, 0.15) is 5.76 Å². The second-order valence-electron chi connectivity index (χ2n) is 5.27. The largest absolute Gasteiger partial charge is 0.441 e. The van der Waals surface area contributed by atoms with Crippen LogP contribution in [0.3, 0.4) is 0 Å². The van der Waals surface area contributed by atoms with E-state index in [2.05, 4.69) is 4.98 Å². The molecule has 0 unspecified atom stereocenters. The summed E-state index contributed by atoms with van der Waals surface area (Å²) in [6, 6.07) is 1.98. The third kappa shape index (κ3) is 3.81. The maximum absolute atomic E-state index is 12.3. The third-order valence-corrected chi connectivity index (χ3v) is 5.63. The topological polar surface area (TPSA) is 52.3 Å². The molecule has 4 nitrogen and oxygen atoms in total. The van der Waals surface area contributed by atoms with Gasteiger partial charge in [-0.15, -0.1) is 0 Å². The van der Waals surface area contributed by atoms with Gasteiger partial charge in [-0.3, -0.25) is 4.21 Å². The zero-order valence-corrected chi connectivity index (χ0v) is 13.7. The van der Waals surface area contributed by atoms with Gasteiger partial charge in [0, 0.05) is 28.3 Å². The molecule has 1 saturated heterocycles. The van der Waals surface area contributed by atoms with Gasteiger partial charge in [0.05, 0.1) is 23.3 Å². The van der Waals surface area contributed by atoms with Crippen molar-refractivity contribution >= 4 is 22.1 Å². The lowest BCUT2D eigenvalue weighted by Gasteiger charge is -2.21. The molecule has 2 atom stereocenters. The number of hydrogen-bond acceptors (Lipinski definition) is 5. The Bertz CT molecular complexity index is 600. The molecule has 0 aliphatic carbocycles. The Kier molecular flexibility index (Phi) is 4.87. The van der Waals surface area contributed by atoms with E-state index in [9.17, 15) is 4.21 Å². The van der Waals surface area contributed by atoms with E-state index >= 15 is 0 Å². The van der Waals surface area contributed by atoms with Gasteiger partial charge in [-0.05, 0) is 37.6 Å². The maximum Gasteiger partial charge on any atom is 0.227 e. The first-order valence-electron chi connectivity index (χ1n) is 7.18. The lowest BCUT2D eigenvalue weighted by Crippen LogP contribution is -2.25. The molecule has 0 amide bonds. The Morgan fingerprint density at radius 3 is 3.10 bits per heavy atom. The summed E-state index contributed by atoms with van der Waals surface area (Å²) >= 11 is 1.61. The first kappa shape index (κ1) is 14.9. The molecular weight excluding hydrogens is 306 g/mol. The normalized spacial score (nSPS) is 20.5. The standard InChI is InChI=1S/C15H19NO3S2/c1-11-14(16-15(19-11)12-5-7-20-8-12)10-21(17)9-13-4-2-3-6-18-13/h5,7-8,13H,2-4,6,9-10H2,1H3/t13-,21-/m1/s1. The molecule has 1 fully saturated rings. The highest BCUT2D eigenvalue weighted by atomic mass is 32.2. The molecule has 114 valence electrons. The number of aryl methyl sites for hydroxylation is 1. The van der Waals surface area contributed by atoms with Crippen molar-refractivity contribution in [1.82, 2.24) is 4.98 Å². The summed E-state index contributed by atoms with van der Waals surface area (Å²) in [5.41, 5.74) is 1.78. The Hall–Kier alpha value is -0.980. The number of hydrogen-bond donors (Lipinski definition) is 0. The summed E-state index contributed by atoms with van der Waals surface area (Å²) in [5, 5.41) is 4.00. The van der Waals surface area contributed by atoms with Crippen LogP contribution < -0.4 is 0 Å². The fourth-order valence-corrected chi connectivity index (χ4v) is 4.43. The molecule has 0 aromatic carbocycles. The fraction of sp³-hybridized carbons (Fsp3) is 0.533. The van der Waals surface area contributed by atoms with E-state index in [-0.39, 0.29) is 6.10 Å². The molecule has 0 spiro atoms. The number of aromatic nitrogens is 1. The highest BCUT2D eigenvalue weighted by Crippen LogP contribution is 2.24. The molecule has 0 saturated carbocycles. The van der Waals surface area contributed by atoms with Gasteiger partial charge in [0.25, 0.3) is 0 Å². The maximum atomic E-state index is 12.3. The minimum absolute atomic E-state index is 0.142. The van der Waals surface area contributed by atoms with E-state index in [1.807, 2.05) is 23.8 Å². The van der Waals surface area contributed by atoms with Crippen LogP contribution in [-0.2, 0) is 21.3 Å². The molecule has 3 rings (SSSR count). The fourth-order valence-electron chi connectivity index (χ4n) is 2.43. The van der Waals surface area contributed by atoms with E-state index < -0.39 is 10.8 Å². The molecule has 0 N–H and O–H groups in total. The van der Waals surface area contributed by atoms with Crippen molar-refractivity contribution in [1.29, 1.82) is 0 Å². The molecule has 0 bridgehead atoms. The van der Waals surface area contributed by atoms with Gasteiger partial charge >= 0.3 is 0 Å². The lowest BCUT2D eigenvalue weighted by atomic mass is 10.1. The Labute approximate surface area is 131 Å². The van der Waals surface area contributed by atoms with Gasteiger partial charge in [-0.2, -0.15) is 11.3 Å². The highest BCUT2D eigenvalue weighted by molar-refractivity contribution is 7.84. The van der Waals surface area contributed by atoms with E-state index in [0.29, 0.717) is 17.4 Å². The molecule has 1 aliphatic rings. The average Bonchev–Trinajstić information content (AvgIpc) is 3.10. The first-order valence-corrected chi connectivity index (χ1v) is 9.61. The number of rotatable bonds is 5. The summed E-state index contributed by atoms with van der Waals surface area (Å²) in [6.07, 6.45) is 3.45. The monoisotopic (exact) mass is 325 g/mol. The minimum atomic E-state index is -0.957. The van der Waals surface area contributed by atoms with Crippen molar-refractivity contribution in [3.8, 4) is 11.5 Å². The number of thiophene rings is 1. The second-order valence-corrected chi connectivity index (χ2v) is 7.56. The van der Waals surface area contributed by atoms with Crippen LogP contribution in [0, 0.1) is 6.92 Å². The molecule has 2 aromatic rings. The first-order chi connectivity index (χ1) is 10.2. The van der Waals surface area contributed by atoms with Gasteiger partial charge in [0.15, 0.2) is 0 Å². The van der Waals surface area contributed by atoms with Crippen molar-refractivity contribution in [2.45, 2.75) is 38.0 Å². The van der Waals surface area contributed by atoms with Gasteiger partial charge in [0.2, 0.25) is 5.89 Å². The third-order valence-electron chi connectivity index (χ3n) is 3.60. The summed E-state index contributed by atoms with van der Waals surface area (Å²) in [6.45, 7) is 2.68. The van der Waals surface area contributed by atoms with Crippen molar-refractivity contribution in [3.05, 3.63) is 28.3 Å². The SMILES string of the molecule is Cc1oc(-c2ccsc2)nc1C[S@](=O)C[C@H]1CCCCO1. The van der Waals surface area contributed by atoms with Crippen LogP contribution in [0.25, 0.3) is 11.5 Å². The van der Waals surface area contributed by atoms with E-state index in [1.54, 1.807) is 11.3 Å². The minimum Gasteiger partial charge on any atom is -0.441 e. The highest BCUT2D eigenvalue weighted by Gasteiger charge is 2.19. The molecule has 21 heavy (non-hydrogen) atoms. The van der Waals surface area contributed by atoms with Crippen molar-refractivity contribution in [2.24, 2.45) is 0 Å². The summed E-state index contributed by atoms with van der Waals surface area (Å²) < 4.78 is 23.6. The second kappa shape index (κ2) is 6.85. The quantitative estimate of drug-likeness (QED) is 0.844. The zero-order valence-electron chi connectivity index (χ0n) is 12.0. The van der Waals surface area contributed by atoms with Crippen LogP contribution in [0.15, 0.2) is 21.2 Å². The number of oxazole rings is 1. The molecule has 2 aromatic heterocycles. The summed E-state index contributed by atoms with van der Waals surface area (Å²) in [4.78, 5) is 4.49. The molecule has 3 heterocycles.